The number of carbonyl (C=O) groups is 1. The maximum Gasteiger partial charge on any atom is 0.410 e. The first-order chi connectivity index (χ1) is 5.31. The Bertz CT molecular complexity index is 183. The number of methoxy groups -OCH3 is 1. The fraction of sp³-hybridized carbons (Fsp3) is 0.125. The lowest BCUT2D eigenvalue weighted by Crippen LogP contribution is -2.15. The van der Waals surface area contributed by atoms with Gasteiger partial charge in [-0.25, -0.2) is 4.79 Å². The fourth-order valence-electron chi connectivity index (χ4n) is 0.373. The van der Waals surface area contributed by atoms with Crippen molar-refractivity contribution in [3.05, 3.63) is 37.1 Å². The first-order valence-electron chi connectivity index (χ1n) is 3.10. The minimum atomic E-state index is -0.478. The standard InChI is InChI=1S/C8H11NO2/c1-3-4-5-6-7-9-8(10)11-2/h3-7H,1H2,2H3,(H,9,10)/b5-4+,7-6+. The van der Waals surface area contributed by atoms with Gasteiger partial charge >= 0.3 is 6.09 Å². The maximum absolute atomic E-state index is 10.4. The lowest BCUT2D eigenvalue weighted by molar-refractivity contribution is 0.175. The molecule has 0 bridgehead atoms. The van der Waals surface area contributed by atoms with Crippen LogP contribution in [0, 0.1) is 0 Å². The van der Waals surface area contributed by atoms with Crippen molar-refractivity contribution in [2.45, 2.75) is 0 Å². The monoisotopic (exact) mass is 153 g/mol. The Morgan fingerprint density at radius 1 is 1.45 bits per heavy atom. The second-order valence-electron chi connectivity index (χ2n) is 1.62. The van der Waals surface area contributed by atoms with Gasteiger partial charge in [0, 0.05) is 6.20 Å². The van der Waals surface area contributed by atoms with Crippen LogP contribution in [0.15, 0.2) is 37.1 Å². The summed E-state index contributed by atoms with van der Waals surface area (Å²) in [5.41, 5.74) is 0. The van der Waals surface area contributed by atoms with E-state index in [2.05, 4.69) is 16.6 Å². The van der Waals surface area contributed by atoms with E-state index in [9.17, 15) is 4.79 Å². The first kappa shape index (κ1) is 9.49. The largest absolute Gasteiger partial charge is 0.453 e. The predicted molar refractivity (Wildman–Crippen MR) is 44.0 cm³/mol. The van der Waals surface area contributed by atoms with Crippen LogP contribution >= 0.6 is 0 Å². The van der Waals surface area contributed by atoms with Crippen molar-refractivity contribution in [1.82, 2.24) is 5.32 Å². The molecule has 0 fully saturated rings. The van der Waals surface area contributed by atoms with Gasteiger partial charge in [-0.05, 0) is 6.08 Å². The average molecular weight is 153 g/mol. The number of amides is 1. The molecule has 0 rings (SSSR count). The van der Waals surface area contributed by atoms with E-state index in [0.717, 1.165) is 0 Å². The first-order valence-corrected chi connectivity index (χ1v) is 3.10. The number of carbonyl (C=O) groups excluding carboxylic acids is 1. The van der Waals surface area contributed by atoms with Gasteiger partial charge in [0.2, 0.25) is 0 Å². The predicted octanol–water partition coefficient (Wildman–Crippen LogP) is 1.60. The van der Waals surface area contributed by atoms with Crippen LogP contribution in [0.2, 0.25) is 0 Å². The van der Waals surface area contributed by atoms with Crippen molar-refractivity contribution in [2.75, 3.05) is 7.11 Å². The van der Waals surface area contributed by atoms with Crippen molar-refractivity contribution >= 4 is 6.09 Å². The quantitative estimate of drug-likeness (QED) is 0.625. The van der Waals surface area contributed by atoms with Crippen LogP contribution in [0.25, 0.3) is 0 Å². The molecule has 0 heterocycles. The summed E-state index contributed by atoms with van der Waals surface area (Å²) in [5.74, 6) is 0. The van der Waals surface area contributed by atoms with Crippen molar-refractivity contribution in [1.29, 1.82) is 0 Å². The molecule has 0 aromatic carbocycles. The smallest absolute Gasteiger partial charge is 0.410 e. The minimum absolute atomic E-state index is 0.478. The summed E-state index contributed by atoms with van der Waals surface area (Å²) in [6.07, 6.45) is 7.79. The SMILES string of the molecule is C=C/C=C/C=C/NC(=O)OC. The Labute approximate surface area is 66.0 Å². The van der Waals surface area contributed by atoms with E-state index < -0.39 is 6.09 Å². The Balaban J connectivity index is 3.52. The van der Waals surface area contributed by atoms with E-state index in [1.807, 2.05) is 0 Å². The minimum Gasteiger partial charge on any atom is -0.453 e. The third-order valence-electron chi connectivity index (χ3n) is 0.841. The van der Waals surface area contributed by atoms with Gasteiger partial charge in [0.25, 0.3) is 0 Å². The van der Waals surface area contributed by atoms with E-state index in [0.29, 0.717) is 0 Å². The second kappa shape index (κ2) is 6.61. The molecule has 0 saturated carbocycles. The van der Waals surface area contributed by atoms with Crippen molar-refractivity contribution in [2.24, 2.45) is 0 Å². The van der Waals surface area contributed by atoms with Gasteiger partial charge < -0.3 is 4.74 Å². The summed E-state index contributed by atoms with van der Waals surface area (Å²) >= 11 is 0. The summed E-state index contributed by atoms with van der Waals surface area (Å²) in [5, 5.41) is 2.36. The van der Waals surface area contributed by atoms with E-state index in [1.54, 1.807) is 24.3 Å². The lowest BCUT2D eigenvalue weighted by Gasteiger charge is -1.93. The third kappa shape index (κ3) is 6.37. The van der Waals surface area contributed by atoms with Gasteiger partial charge in [-0.1, -0.05) is 24.8 Å². The lowest BCUT2D eigenvalue weighted by atomic mass is 10.5. The summed E-state index contributed by atoms with van der Waals surface area (Å²) in [6, 6.07) is 0. The van der Waals surface area contributed by atoms with Gasteiger partial charge in [-0.3, -0.25) is 5.32 Å². The van der Waals surface area contributed by atoms with Gasteiger partial charge in [0.05, 0.1) is 7.11 Å². The summed E-state index contributed by atoms with van der Waals surface area (Å²) in [6.45, 7) is 3.48. The molecule has 3 heteroatoms. The number of allylic oxidation sites excluding steroid dienone is 4. The summed E-state index contributed by atoms with van der Waals surface area (Å²) in [7, 11) is 1.31. The number of rotatable bonds is 3. The van der Waals surface area contributed by atoms with Gasteiger partial charge in [0.15, 0.2) is 0 Å². The summed E-state index contributed by atoms with van der Waals surface area (Å²) < 4.78 is 4.31. The van der Waals surface area contributed by atoms with Crippen LogP contribution in [-0.2, 0) is 4.74 Å². The average Bonchev–Trinajstić information content (AvgIpc) is 2.04. The van der Waals surface area contributed by atoms with E-state index in [4.69, 9.17) is 0 Å². The highest BCUT2D eigenvalue weighted by Crippen LogP contribution is 1.76. The number of ether oxygens (including phenoxy) is 1. The Morgan fingerprint density at radius 2 is 2.18 bits per heavy atom. The Morgan fingerprint density at radius 3 is 2.73 bits per heavy atom. The Hall–Kier alpha value is -1.51. The number of hydrogen-bond donors (Lipinski definition) is 1. The highest BCUT2D eigenvalue weighted by molar-refractivity contribution is 5.68. The molecule has 0 atom stereocenters. The van der Waals surface area contributed by atoms with Crippen LogP contribution in [0.5, 0.6) is 0 Å². The molecule has 0 spiro atoms. The molecule has 11 heavy (non-hydrogen) atoms. The van der Waals surface area contributed by atoms with Crippen molar-refractivity contribution in [3.8, 4) is 0 Å². The third-order valence-corrected chi connectivity index (χ3v) is 0.841. The zero-order valence-electron chi connectivity index (χ0n) is 6.41. The molecule has 0 aliphatic carbocycles. The Kier molecular flexibility index (Phi) is 5.70. The normalized spacial score (nSPS) is 10.3. The molecule has 0 aromatic heterocycles. The van der Waals surface area contributed by atoms with Crippen molar-refractivity contribution in [3.63, 3.8) is 0 Å². The maximum atomic E-state index is 10.4. The molecule has 60 valence electrons. The zero-order chi connectivity index (χ0) is 8.53. The zero-order valence-corrected chi connectivity index (χ0v) is 6.41. The molecular weight excluding hydrogens is 142 g/mol. The highest BCUT2D eigenvalue weighted by atomic mass is 16.5. The van der Waals surface area contributed by atoms with E-state index in [-0.39, 0.29) is 0 Å². The second-order valence-corrected chi connectivity index (χ2v) is 1.62. The van der Waals surface area contributed by atoms with Gasteiger partial charge in [0.1, 0.15) is 0 Å². The number of hydrogen-bond acceptors (Lipinski definition) is 2. The van der Waals surface area contributed by atoms with Crippen LogP contribution in [0.3, 0.4) is 0 Å². The van der Waals surface area contributed by atoms with Crippen LogP contribution in [0.1, 0.15) is 0 Å². The molecule has 0 radical (unpaired) electrons. The van der Waals surface area contributed by atoms with E-state index in [1.165, 1.54) is 13.3 Å². The van der Waals surface area contributed by atoms with Crippen molar-refractivity contribution < 1.29 is 9.53 Å². The van der Waals surface area contributed by atoms with Crippen LogP contribution in [0.4, 0.5) is 4.79 Å². The molecule has 0 aliphatic heterocycles. The number of nitrogens with one attached hydrogen (secondary N) is 1. The molecule has 0 aromatic rings. The van der Waals surface area contributed by atoms with Gasteiger partial charge in [-0.2, -0.15) is 0 Å². The van der Waals surface area contributed by atoms with Gasteiger partial charge in [-0.15, -0.1) is 0 Å². The fourth-order valence-corrected chi connectivity index (χ4v) is 0.373. The molecular formula is C8H11NO2. The van der Waals surface area contributed by atoms with Crippen LogP contribution < -0.4 is 5.32 Å². The topological polar surface area (TPSA) is 38.3 Å². The van der Waals surface area contributed by atoms with E-state index >= 15 is 0 Å². The molecule has 1 amide bonds. The highest BCUT2D eigenvalue weighted by Gasteiger charge is 1.88. The molecule has 0 saturated heterocycles. The number of alkyl carbamates (subject to hydrolysis) is 1. The molecule has 0 aliphatic rings. The molecule has 0 unspecified atom stereocenters. The molecule has 1 N–H and O–H groups in total. The molecule has 3 nitrogen and oxygen atoms in total. The summed E-state index contributed by atoms with van der Waals surface area (Å²) in [4.78, 5) is 10.4. The van der Waals surface area contributed by atoms with Crippen LogP contribution in [-0.4, -0.2) is 13.2 Å².